The zero-order valence-corrected chi connectivity index (χ0v) is 11.0. The first-order valence-corrected chi connectivity index (χ1v) is 6.94. The fraction of sp³-hybridized carbons (Fsp3) is 0.571. The van der Waals surface area contributed by atoms with E-state index in [1.807, 2.05) is 0 Å². The molecule has 1 atom stereocenters. The van der Waals surface area contributed by atoms with Gasteiger partial charge in [0.15, 0.2) is 0 Å². The van der Waals surface area contributed by atoms with E-state index in [2.05, 4.69) is 34.1 Å². The molecule has 2 aliphatic carbocycles. The molecule has 1 aromatic rings. The van der Waals surface area contributed by atoms with Crippen molar-refractivity contribution in [3.63, 3.8) is 0 Å². The molecule has 0 amide bonds. The molecule has 1 saturated carbocycles. The minimum atomic E-state index is -0.415. The number of rotatable bonds is 2. The van der Waals surface area contributed by atoms with Crippen LogP contribution in [-0.2, 0) is 12.8 Å². The lowest BCUT2D eigenvalue weighted by Crippen LogP contribution is -2.36. The predicted molar refractivity (Wildman–Crippen MR) is 68.5 cm³/mol. The minimum Gasteiger partial charge on any atom is -0.390 e. The maximum Gasteiger partial charge on any atom is 0.0693 e. The molecule has 1 aromatic carbocycles. The summed E-state index contributed by atoms with van der Waals surface area (Å²) in [7, 11) is 0. The van der Waals surface area contributed by atoms with E-state index in [-0.39, 0.29) is 0 Å². The van der Waals surface area contributed by atoms with Crippen molar-refractivity contribution in [2.24, 2.45) is 5.92 Å². The number of hydrogen-bond acceptors (Lipinski definition) is 1. The van der Waals surface area contributed by atoms with E-state index in [0.717, 1.165) is 36.1 Å². The van der Waals surface area contributed by atoms with Crippen LogP contribution in [-0.4, -0.2) is 10.7 Å². The maximum atomic E-state index is 10.6. The molecule has 1 fully saturated rings. The molecule has 0 bridgehead atoms. The Morgan fingerprint density at radius 2 is 2.12 bits per heavy atom. The molecular weight excluding hydrogens is 264 g/mol. The van der Waals surface area contributed by atoms with Crippen LogP contribution in [0.25, 0.3) is 0 Å². The molecule has 0 aromatic heterocycles. The second kappa shape index (κ2) is 3.85. The van der Waals surface area contributed by atoms with E-state index < -0.39 is 5.60 Å². The average Bonchev–Trinajstić information content (AvgIpc) is 3.02. The summed E-state index contributed by atoms with van der Waals surface area (Å²) in [6.45, 7) is 0. The van der Waals surface area contributed by atoms with E-state index in [4.69, 9.17) is 0 Å². The van der Waals surface area contributed by atoms with Gasteiger partial charge in [0.2, 0.25) is 0 Å². The van der Waals surface area contributed by atoms with Gasteiger partial charge in [-0.15, -0.1) is 0 Å². The highest BCUT2D eigenvalue weighted by molar-refractivity contribution is 9.10. The van der Waals surface area contributed by atoms with Gasteiger partial charge in [0.1, 0.15) is 0 Å². The van der Waals surface area contributed by atoms with Gasteiger partial charge in [0.25, 0.3) is 0 Å². The van der Waals surface area contributed by atoms with Crippen molar-refractivity contribution in [3.05, 3.63) is 33.8 Å². The van der Waals surface area contributed by atoms with Crippen molar-refractivity contribution in [1.29, 1.82) is 0 Å². The Kier molecular flexibility index (Phi) is 2.60. The third-order valence-electron chi connectivity index (χ3n) is 3.91. The van der Waals surface area contributed by atoms with E-state index in [1.165, 1.54) is 24.0 Å². The Hall–Kier alpha value is -0.340. The second-order valence-electron chi connectivity index (χ2n) is 5.46. The van der Waals surface area contributed by atoms with Crippen LogP contribution in [0.3, 0.4) is 0 Å². The number of fused-ring (bicyclic) bond motifs is 1. The highest BCUT2D eigenvalue weighted by atomic mass is 79.9. The van der Waals surface area contributed by atoms with Crippen LogP contribution < -0.4 is 0 Å². The quantitative estimate of drug-likeness (QED) is 0.880. The Morgan fingerprint density at radius 1 is 1.31 bits per heavy atom. The highest BCUT2D eigenvalue weighted by Gasteiger charge is 2.37. The van der Waals surface area contributed by atoms with Crippen molar-refractivity contribution in [2.75, 3.05) is 0 Å². The SMILES string of the molecule is OC1(CC2CC2)CCc2cc(Br)ccc2C1. The predicted octanol–water partition coefficient (Wildman–Crippen LogP) is 3.47. The molecule has 86 valence electrons. The summed E-state index contributed by atoms with van der Waals surface area (Å²) in [4.78, 5) is 0. The fourth-order valence-electron chi connectivity index (χ4n) is 2.84. The van der Waals surface area contributed by atoms with Crippen molar-refractivity contribution >= 4 is 15.9 Å². The Labute approximate surface area is 105 Å². The molecular formula is C14H17BrO. The van der Waals surface area contributed by atoms with Gasteiger partial charge >= 0.3 is 0 Å². The van der Waals surface area contributed by atoms with Gasteiger partial charge in [-0.25, -0.2) is 0 Å². The topological polar surface area (TPSA) is 20.2 Å². The first-order chi connectivity index (χ1) is 7.65. The van der Waals surface area contributed by atoms with Crippen LogP contribution in [0, 0.1) is 5.92 Å². The summed E-state index contributed by atoms with van der Waals surface area (Å²) in [5.41, 5.74) is 2.34. The third kappa shape index (κ3) is 2.18. The lowest BCUT2D eigenvalue weighted by molar-refractivity contribution is 0.0126. The lowest BCUT2D eigenvalue weighted by atomic mass is 9.78. The van der Waals surface area contributed by atoms with Crippen LogP contribution in [0.2, 0.25) is 0 Å². The standard InChI is InChI=1S/C14H17BrO/c15-13-4-3-12-9-14(16,8-10-1-2-10)6-5-11(12)7-13/h3-4,7,10,16H,1-2,5-6,8-9H2. The van der Waals surface area contributed by atoms with Gasteiger partial charge in [0.05, 0.1) is 5.60 Å². The third-order valence-corrected chi connectivity index (χ3v) is 4.41. The minimum absolute atomic E-state index is 0.415. The first-order valence-electron chi connectivity index (χ1n) is 6.14. The second-order valence-corrected chi connectivity index (χ2v) is 6.38. The van der Waals surface area contributed by atoms with Crippen LogP contribution in [0.4, 0.5) is 0 Å². The largest absolute Gasteiger partial charge is 0.390 e. The molecule has 0 radical (unpaired) electrons. The normalized spacial score (nSPS) is 28.9. The molecule has 2 heteroatoms. The molecule has 1 N–H and O–H groups in total. The smallest absolute Gasteiger partial charge is 0.0693 e. The number of benzene rings is 1. The van der Waals surface area contributed by atoms with Crippen molar-refractivity contribution < 1.29 is 5.11 Å². The molecule has 2 aliphatic rings. The summed E-state index contributed by atoms with van der Waals surface area (Å²) in [6.07, 6.45) is 6.49. The van der Waals surface area contributed by atoms with E-state index in [1.54, 1.807) is 0 Å². The van der Waals surface area contributed by atoms with Crippen LogP contribution in [0.5, 0.6) is 0 Å². The molecule has 16 heavy (non-hydrogen) atoms. The van der Waals surface area contributed by atoms with Gasteiger partial charge in [-0.3, -0.25) is 0 Å². The number of aliphatic hydroxyl groups is 1. The molecule has 3 rings (SSSR count). The van der Waals surface area contributed by atoms with E-state index in [9.17, 15) is 5.11 Å². The fourth-order valence-corrected chi connectivity index (χ4v) is 3.25. The molecule has 1 unspecified atom stereocenters. The first kappa shape index (κ1) is 10.8. The van der Waals surface area contributed by atoms with Crippen molar-refractivity contribution in [3.8, 4) is 0 Å². The van der Waals surface area contributed by atoms with E-state index in [0.29, 0.717) is 0 Å². The van der Waals surface area contributed by atoms with Crippen LogP contribution in [0.1, 0.15) is 36.8 Å². The van der Waals surface area contributed by atoms with Gasteiger partial charge in [-0.05, 0) is 48.4 Å². The van der Waals surface area contributed by atoms with Gasteiger partial charge in [-0.2, -0.15) is 0 Å². The van der Waals surface area contributed by atoms with E-state index >= 15 is 0 Å². The lowest BCUT2D eigenvalue weighted by Gasteiger charge is -2.33. The number of halogens is 1. The summed E-state index contributed by atoms with van der Waals surface area (Å²) in [6, 6.07) is 6.45. The monoisotopic (exact) mass is 280 g/mol. The average molecular weight is 281 g/mol. The Bertz CT molecular complexity index is 411. The van der Waals surface area contributed by atoms with Crippen molar-refractivity contribution in [2.45, 2.75) is 44.1 Å². The zero-order chi connectivity index (χ0) is 11.2. The molecule has 0 aliphatic heterocycles. The number of aryl methyl sites for hydroxylation is 1. The zero-order valence-electron chi connectivity index (χ0n) is 9.38. The Balaban J connectivity index is 1.81. The Morgan fingerprint density at radius 3 is 2.88 bits per heavy atom. The van der Waals surface area contributed by atoms with Crippen LogP contribution >= 0.6 is 15.9 Å². The maximum absolute atomic E-state index is 10.6. The highest BCUT2D eigenvalue weighted by Crippen LogP contribution is 2.42. The molecule has 0 saturated heterocycles. The van der Waals surface area contributed by atoms with Crippen LogP contribution in [0.15, 0.2) is 22.7 Å². The van der Waals surface area contributed by atoms with Gasteiger partial charge in [-0.1, -0.05) is 34.8 Å². The molecule has 0 spiro atoms. The van der Waals surface area contributed by atoms with Gasteiger partial charge < -0.3 is 5.11 Å². The molecule has 0 heterocycles. The summed E-state index contributed by atoms with van der Waals surface area (Å²) >= 11 is 3.51. The number of hydrogen-bond donors (Lipinski definition) is 1. The van der Waals surface area contributed by atoms with Crippen molar-refractivity contribution in [1.82, 2.24) is 0 Å². The van der Waals surface area contributed by atoms with Gasteiger partial charge in [0, 0.05) is 10.9 Å². The molecule has 1 nitrogen and oxygen atoms in total. The summed E-state index contributed by atoms with van der Waals surface area (Å²) in [5.74, 6) is 0.807. The summed E-state index contributed by atoms with van der Waals surface area (Å²) in [5, 5.41) is 10.6. The summed E-state index contributed by atoms with van der Waals surface area (Å²) < 4.78 is 1.15.